The molecule has 0 bridgehead atoms. The lowest BCUT2D eigenvalue weighted by Crippen LogP contribution is -2.49. The van der Waals surface area contributed by atoms with Gasteiger partial charge in [-0.05, 0) is 104 Å². The van der Waals surface area contributed by atoms with E-state index in [0.29, 0.717) is 34.9 Å². The van der Waals surface area contributed by atoms with Crippen LogP contribution in [-0.4, -0.2) is 26.0 Å². The highest BCUT2D eigenvalue weighted by Crippen LogP contribution is 2.66. The highest BCUT2D eigenvalue weighted by atomic mass is 127. The number of fused-ring (bicyclic) bond motifs is 5. The summed E-state index contributed by atoms with van der Waals surface area (Å²) in [7, 11) is 1.59. The number of rotatable bonds is 4. The van der Waals surface area contributed by atoms with Gasteiger partial charge in [0.1, 0.15) is 0 Å². The van der Waals surface area contributed by atoms with E-state index in [1.54, 1.807) is 8.93 Å². The lowest BCUT2D eigenvalue weighted by molar-refractivity contribution is -0.116. The van der Waals surface area contributed by atoms with Gasteiger partial charge in [-0.3, -0.25) is 4.79 Å². The van der Waals surface area contributed by atoms with E-state index in [1.807, 2.05) is 10.8 Å². The molecule has 30 heavy (non-hydrogen) atoms. The van der Waals surface area contributed by atoms with Crippen LogP contribution < -0.4 is 0 Å². The zero-order valence-electron chi connectivity index (χ0n) is 18.1. The standard InChI is InChI=1S/C23H31IN4OS/c1-14(13-28-21(30-24)25-26-27-28)18-6-7-19-17-5-4-15-12-16(29)8-10-22(15,2)20(17)9-11-23(18,19)3/h4-5,12,14,17-20H,6-11,13H2,1-3H3/t14-,17?,18?,19?,20?,22+,23-/m1/s1. The van der Waals surface area contributed by atoms with Crippen molar-refractivity contribution in [1.29, 1.82) is 0 Å². The van der Waals surface area contributed by atoms with Crippen molar-refractivity contribution in [3.05, 3.63) is 23.8 Å². The summed E-state index contributed by atoms with van der Waals surface area (Å²) in [6.45, 7) is 8.31. The van der Waals surface area contributed by atoms with Gasteiger partial charge in [-0.15, -0.1) is 5.10 Å². The number of carbonyl (C=O) groups is 1. The van der Waals surface area contributed by atoms with Crippen LogP contribution in [0.5, 0.6) is 0 Å². The fourth-order valence-electron chi connectivity index (χ4n) is 7.74. The Morgan fingerprint density at radius 1 is 1.27 bits per heavy atom. The molecule has 1 aromatic rings. The Labute approximate surface area is 195 Å². The van der Waals surface area contributed by atoms with Crippen LogP contribution in [0.25, 0.3) is 0 Å². The Hall–Kier alpha value is -0.700. The number of carbonyl (C=O) groups excluding carboxylic acids is 1. The van der Waals surface area contributed by atoms with Crippen molar-refractivity contribution in [1.82, 2.24) is 20.2 Å². The molecule has 1 heterocycles. The lowest BCUT2D eigenvalue weighted by Gasteiger charge is -2.56. The van der Waals surface area contributed by atoms with Crippen LogP contribution in [0.4, 0.5) is 0 Å². The van der Waals surface area contributed by atoms with Crippen molar-refractivity contribution < 1.29 is 4.79 Å². The molecule has 4 aliphatic rings. The third-order valence-electron chi connectivity index (χ3n) is 9.30. The fraction of sp³-hybridized carbons (Fsp3) is 0.739. The Kier molecular flexibility index (Phi) is 5.44. The second kappa shape index (κ2) is 7.71. The maximum absolute atomic E-state index is 12.0. The molecule has 0 spiro atoms. The molecule has 0 aromatic carbocycles. The molecule has 7 atom stereocenters. The first-order chi connectivity index (χ1) is 14.4. The van der Waals surface area contributed by atoms with Gasteiger partial charge in [0.15, 0.2) is 5.78 Å². The summed E-state index contributed by atoms with van der Waals surface area (Å²) in [5.74, 6) is 3.69. The van der Waals surface area contributed by atoms with Crippen LogP contribution in [-0.2, 0) is 11.3 Å². The fourth-order valence-corrected chi connectivity index (χ4v) is 8.94. The number of nitrogens with zero attached hydrogens (tertiary/aromatic N) is 4. The van der Waals surface area contributed by atoms with Crippen molar-refractivity contribution in [2.75, 3.05) is 0 Å². The molecular formula is C23H31IN4OS. The maximum atomic E-state index is 12.0. The van der Waals surface area contributed by atoms with E-state index in [2.05, 4.69) is 69.7 Å². The first-order valence-corrected chi connectivity index (χ1v) is 14.7. The number of hydrogen-bond donors (Lipinski definition) is 0. The predicted molar refractivity (Wildman–Crippen MR) is 127 cm³/mol. The van der Waals surface area contributed by atoms with Crippen LogP contribution >= 0.6 is 30.1 Å². The summed E-state index contributed by atoms with van der Waals surface area (Å²) < 4.78 is 1.99. The highest BCUT2D eigenvalue weighted by molar-refractivity contribution is 14.2. The van der Waals surface area contributed by atoms with Crippen LogP contribution in [0.1, 0.15) is 59.3 Å². The van der Waals surface area contributed by atoms with Gasteiger partial charge in [0.25, 0.3) is 0 Å². The second-order valence-corrected chi connectivity index (χ2v) is 12.4. The van der Waals surface area contributed by atoms with E-state index < -0.39 is 0 Å². The predicted octanol–water partition coefficient (Wildman–Crippen LogP) is 5.68. The summed E-state index contributed by atoms with van der Waals surface area (Å²) in [5, 5.41) is 13.2. The molecule has 0 saturated heterocycles. The van der Waals surface area contributed by atoms with E-state index in [4.69, 9.17) is 0 Å². The third kappa shape index (κ3) is 3.16. The molecule has 0 N–H and O–H groups in total. The Morgan fingerprint density at radius 2 is 2.10 bits per heavy atom. The molecule has 5 rings (SSSR count). The van der Waals surface area contributed by atoms with Crippen molar-refractivity contribution >= 4 is 35.9 Å². The quantitative estimate of drug-likeness (QED) is 0.462. The van der Waals surface area contributed by atoms with Crippen molar-refractivity contribution in [2.45, 2.75) is 71.0 Å². The minimum absolute atomic E-state index is 0.192. The van der Waals surface area contributed by atoms with Gasteiger partial charge in [0.05, 0.1) is 0 Å². The number of ketones is 1. The van der Waals surface area contributed by atoms with Crippen LogP contribution in [0.2, 0.25) is 0 Å². The Morgan fingerprint density at radius 3 is 2.90 bits per heavy atom. The molecule has 2 fully saturated rings. The average Bonchev–Trinajstić information content (AvgIpc) is 3.31. The molecule has 7 heteroatoms. The number of aromatic nitrogens is 4. The minimum Gasteiger partial charge on any atom is -0.295 e. The minimum atomic E-state index is 0.192. The highest BCUT2D eigenvalue weighted by Gasteiger charge is 2.58. The second-order valence-electron chi connectivity index (χ2n) is 10.6. The molecule has 2 saturated carbocycles. The lowest BCUT2D eigenvalue weighted by atomic mass is 9.48. The topological polar surface area (TPSA) is 60.7 Å². The summed E-state index contributed by atoms with van der Waals surface area (Å²) in [5.41, 5.74) is 1.88. The third-order valence-corrected chi connectivity index (χ3v) is 10.9. The molecule has 1 aromatic heterocycles. The molecule has 4 aliphatic carbocycles. The largest absolute Gasteiger partial charge is 0.295 e. The van der Waals surface area contributed by atoms with Gasteiger partial charge in [-0.1, -0.05) is 32.9 Å². The van der Waals surface area contributed by atoms with E-state index in [0.717, 1.165) is 30.5 Å². The molecule has 0 aliphatic heterocycles. The normalized spacial score (nSPS) is 41.1. The van der Waals surface area contributed by atoms with Gasteiger partial charge in [-0.2, -0.15) is 0 Å². The molecular weight excluding hydrogens is 507 g/mol. The van der Waals surface area contributed by atoms with E-state index >= 15 is 0 Å². The summed E-state index contributed by atoms with van der Waals surface area (Å²) in [4.78, 5) is 12.0. The Balaban J connectivity index is 1.39. The molecule has 0 amide bonds. The van der Waals surface area contributed by atoms with Gasteiger partial charge in [0.2, 0.25) is 5.16 Å². The monoisotopic (exact) mass is 538 g/mol. The number of hydrogen-bond acceptors (Lipinski definition) is 5. The zero-order valence-corrected chi connectivity index (χ0v) is 21.0. The molecule has 5 nitrogen and oxygen atoms in total. The molecule has 4 unspecified atom stereocenters. The smallest absolute Gasteiger partial charge is 0.219 e. The molecule has 162 valence electrons. The first-order valence-electron chi connectivity index (χ1n) is 11.3. The average molecular weight is 538 g/mol. The summed E-state index contributed by atoms with van der Waals surface area (Å²) in [6.07, 6.45) is 13.7. The van der Waals surface area contributed by atoms with E-state index in [-0.39, 0.29) is 5.41 Å². The SMILES string of the molecule is C[C@H](Cn1nnnc1SI)C1CCC2C3C=CC4=CC(=O)CC[C@]4(C)C3CC[C@@]21C. The van der Waals surface area contributed by atoms with Crippen molar-refractivity contribution in [3.63, 3.8) is 0 Å². The Bertz CT molecular complexity index is 913. The molecule has 0 radical (unpaired) electrons. The van der Waals surface area contributed by atoms with Crippen LogP contribution in [0.15, 0.2) is 29.0 Å². The summed E-state index contributed by atoms with van der Waals surface area (Å²) in [6, 6.07) is 0. The van der Waals surface area contributed by atoms with Gasteiger partial charge in [0, 0.05) is 34.2 Å². The van der Waals surface area contributed by atoms with Crippen molar-refractivity contribution in [3.8, 4) is 0 Å². The van der Waals surface area contributed by atoms with E-state index in [9.17, 15) is 4.79 Å². The number of tetrazole rings is 1. The van der Waals surface area contributed by atoms with E-state index in [1.165, 1.54) is 31.3 Å². The van der Waals surface area contributed by atoms with Crippen LogP contribution in [0.3, 0.4) is 0 Å². The van der Waals surface area contributed by atoms with Gasteiger partial charge >= 0.3 is 0 Å². The maximum Gasteiger partial charge on any atom is 0.219 e. The van der Waals surface area contributed by atoms with Crippen LogP contribution in [0, 0.1) is 40.4 Å². The van der Waals surface area contributed by atoms with Gasteiger partial charge < -0.3 is 0 Å². The van der Waals surface area contributed by atoms with Gasteiger partial charge in [-0.25, -0.2) is 4.68 Å². The first kappa shape index (κ1) is 21.2. The number of halogens is 1. The van der Waals surface area contributed by atoms with Crippen molar-refractivity contribution in [2.24, 2.45) is 40.4 Å². The summed E-state index contributed by atoms with van der Waals surface area (Å²) >= 11 is 2.26. The zero-order chi connectivity index (χ0) is 21.1. The number of allylic oxidation sites excluding steroid dienone is 4.